The highest BCUT2D eigenvalue weighted by atomic mass is 16.1. The van der Waals surface area contributed by atoms with Gasteiger partial charge in [0.1, 0.15) is 0 Å². The molecule has 0 spiro atoms. The first kappa shape index (κ1) is 15.7. The zero-order valence-electron chi connectivity index (χ0n) is 14.9. The lowest BCUT2D eigenvalue weighted by atomic mass is 9.48. The van der Waals surface area contributed by atoms with Gasteiger partial charge in [-0.05, 0) is 91.9 Å². The maximum absolute atomic E-state index is 11.9. The number of carbonyl (C=O) groups excluding carboxylic acids is 1. The molecule has 6 unspecified atom stereocenters. The largest absolute Gasteiger partial charge is 0.295 e. The molecular weight excluding hydrogens is 280 g/mol. The summed E-state index contributed by atoms with van der Waals surface area (Å²) in [6.45, 7) is 9.15. The third-order valence-corrected chi connectivity index (χ3v) is 8.50. The van der Waals surface area contributed by atoms with E-state index in [1.807, 2.05) is 6.08 Å². The molecule has 0 aliphatic heterocycles. The molecule has 0 N–H and O–H groups in total. The topological polar surface area (TPSA) is 17.1 Å². The molecule has 0 aromatic rings. The first-order valence-corrected chi connectivity index (χ1v) is 9.96. The first-order valence-electron chi connectivity index (χ1n) is 9.96. The summed E-state index contributed by atoms with van der Waals surface area (Å²) in [6.07, 6.45) is 14.3. The highest BCUT2D eigenvalue weighted by molar-refractivity contribution is 5.91. The van der Waals surface area contributed by atoms with Crippen molar-refractivity contribution in [3.63, 3.8) is 0 Å². The average molecular weight is 312 g/mol. The summed E-state index contributed by atoms with van der Waals surface area (Å²) in [5.74, 6) is 5.14. The molecule has 7 atom stereocenters. The van der Waals surface area contributed by atoms with E-state index in [0.29, 0.717) is 23.0 Å². The molecule has 4 aliphatic rings. The molecule has 0 radical (unpaired) electrons. The van der Waals surface area contributed by atoms with E-state index in [-0.39, 0.29) is 0 Å². The van der Waals surface area contributed by atoms with Crippen molar-refractivity contribution in [1.82, 2.24) is 0 Å². The first-order chi connectivity index (χ1) is 11.1. The van der Waals surface area contributed by atoms with Gasteiger partial charge in [-0.2, -0.15) is 0 Å². The second kappa shape index (κ2) is 5.60. The molecule has 4 aliphatic carbocycles. The van der Waals surface area contributed by atoms with Crippen molar-refractivity contribution in [2.45, 2.75) is 65.2 Å². The van der Waals surface area contributed by atoms with Crippen LogP contribution in [0, 0.1) is 40.9 Å². The molecular formula is C22H32O. The lowest BCUT2D eigenvalue weighted by Crippen LogP contribution is -2.50. The fourth-order valence-electron chi connectivity index (χ4n) is 7.39. The normalized spacial score (nSPS) is 49.0. The Morgan fingerprint density at radius 2 is 2.13 bits per heavy atom. The summed E-state index contributed by atoms with van der Waals surface area (Å²) in [7, 11) is 0. The molecule has 0 aromatic heterocycles. The molecule has 4 rings (SSSR count). The van der Waals surface area contributed by atoms with E-state index in [9.17, 15) is 4.79 Å². The van der Waals surface area contributed by atoms with Gasteiger partial charge >= 0.3 is 0 Å². The molecule has 3 fully saturated rings. The SMILES string of the molecule is C=CC1CC2=CC(=O)CCC2C2CCC3(CC)C(CC[C@H]3C)C12. The van der Waals surface area contributed by atoms with Crippen LogP contribution in [0.1, 0.15) is 65.2 Å². The Morgan fingerprint density at radius 1 is 1.30 bits per heavy atom. The summed E-state index contributed by atoms with van der Waals surface area (Å²) in [4.78, 5) is 11.9. The quantitative estimate of drug-likeness (QED) is 0.609. The number of carbonyl (C=O) groups is 1. The number of ketones is 1. The van der Waals surface area contributed by atoms with Crippen LogP contribution >= 0.6 is 0 Å². The number of hydrogen-bond donors (Lipinski definition) is 0. The summed E-state index contributed by atoms with van der Waals surface area (Å²) >= 11 is 0. The van der Waals surface area contributed by atoms with Gasteiger partial charge in [0.05, 0.1) is 0 Å². The maximum Gasteiger partial charge on any atom is 0.155 e. The van der Waals surface area contributed by atoms with Crippen LogP contribution in [-0.2, 0) is 4.79 Å². The van der Waals surface area contributed by atoms with Crippen LogP contribution in [0.25, 0.3) is 0 Å². The van der Waals surface area contributed by atoms with Crippen molar-refractivity contribution < 1.29 is 4.79 Å². The molecule has 0 bridgehead atoms. The van der Waals surface area contributed by atoms with Gasteiger partial charge in [0.25, 0.3) is 0 Å². The number of hydrogen-bond acceptors (Lipinski definition) is 1. The van der Waals surface area contributed by atoms with Crippen LogP contribution < -0.4 is 0 Å². The van der Waals surface area contributed by atoms with Gasteiger partial charge in [0.15, 0.2) is 5.78 Å². The molecule has 0 amide bonds. The van der Waals surface area contributed by atoms with E-state index >= 15 is 0 Å². The third-order valence-electron chi connectivity index (χ3n) is 8.50. The summed E-state index contributed by atoms with van der Waals surface area (Å²) in [5.41, 5.74) is 2.08. The summed E-state index contributed by atoms with van der Waals surface area (Å²) in [5, 5.41) is 0. The summed E-state index contributed by atoms with van der Waals surface area (Å²) in [6, 6.07) is 0. The van der Waals surface area contributed by atoms with Gasteiger partial charge in [0.2, 0.25) is 0 Å². The van der Waals surface area contributed by atoms with Gasteiger partial charge in [-0.3, -0.25) is 4.79 Å². The molecule has 3 saturated carbocycles. The fourth-order valence-corrected chi connectivity index (χ4v) is 7.39. The monoisotopic (exact) mass is 312 g/mol. The minimum atomic E-state index is 0.366. The van der Waals surface area contributed by atoms with E-state index in [1.165, 1.54) is 37.7 Å². The van der Waals surface area contributed by atoms with Crippen molar-refractivity contribution in [1.29, 1.82) is 0 Å². The van der Waals surface area contributed by atoms with E-state index < -0.39 is 0 Å². The highest BCUT2D eigenvalue weighted by Gasteiger charge is 2.58. The van der Waals surface area contributed by atoms with Crippen LogP contribution in [0.3, 0.4) is 0 Å². The minimum absolute atomic E-state index is 0.366. The molecule has 0 saturated heterocycles. The Balaban J connectivity index is 1.72. The number of rotatable bonds is 2. The predicted octanol–water partition coefficient (Wildman–Crippen LogP) is 5.57. The molecule has 1 nitrogen and oxygen atoms in total. The Bertz CT molecular complexity index is 544. The fraction of sp³-hybridized carbons (Fsp3) is 0.773. The maximum atomic E-state index is 11.9. The Hall–Kier alpha value is -0.850. The Morgan fingerprint density at radius 3 is 2.87 bits per heavy atom. The Labute approximate surface area is 141 Å². The van der Waals surface area contributed by atoms with E-state index in [2.05, 4.69) is 26.5 Å². The van der Waals surface area contributed by atoms with Gasteiger partial charge in [-0.25, -0.2) is 0 Å². The third kappa shape index (κ3) is 2.14. The zero-order chi connectivity index (χ0) is 16.2. The number of allylic oxidation sites excluding steroid dienone is 2. The van der Waals surface area contributed by atoms with E-state index in [0.717, 1.165) is 42.9 Å². The number of fused-ring (bicyclic) bond motifs is 5. The van der Waals surface area contributed by atoms with Crippen LogP contribution in [0.2, 0.25) is 0 Å². The second-order valence-electron chi connectivity index (χ2n) is 8.89. The smallest absolute Gasteiger partial charge is 0.155 e. The van der Waals surface area contributed by atoms with E-state index in [4.69, 9.17) is 0 Å². The van der Waals surface area contributed by atoms with Gasteiger partial charge < -0.3 is 0 Å². The Kier molecular flexibility index (Phi) is 3.82. The molecule has 0 heterocycles. The van der Waals surface area contributed by atoms with Crippen molar-refractivity contribution >= 4 is 5.78 Å². The summed E-state index contributed by atoms with van der Waals surface area (Å²) < 4.78 is 0. The van der Waals surface area contributed by atoms with E-state index in [1.54, 1.807) is 0 Å². The molecule has 126 valence electrons. The zero-order valence-corrected chi connectivity index (χ0v) is 14.9. The van der Waals surface area contributed by atoms with Crippen LogP contribution in [0.5, 0.6) is 0 Å². The van der Waals surface area contributed by atoms with Crippen LogP contribution in [0.4, 0.5) is 0 Å². The molecule has 0 aromatic carbocycles. The van der Waals surface area contributed by atoms with Crippen LogP contribution in [-0.4, -0.2) is 5.78 Å². The predicted molar refractivity (Wildman–Crippen MR) is 94.9 cm³/mol. The van der Waals surface area contributed by atoms with Crippen molar-refractivity contribution in [2.24, 2.45) is 40.9 Å². The van der Waals surface area contributed by atoms with Crippen molar-refractivity contribution in [2.75, 3.05) is 0 Å². The van der Waals surface area contributed by atoms with Gasteiger partial charge in [-0.15, -0.1) is 6.58 Å². The van der Waals surface area contributed by atoms with Crippen molar-refractivity contribution in [3.05, 3.63) is 24.3 Å². The van der Waals surface area contributed by atoms with Gasteiger partial charge in [-0.1, -0.05) is 25.5 Å². The lowest BCUT2D eigenvalue weighted by Gasteiger charge is -2.57. The second-order valence-corrected chi connectivity index (χ2v) is 8.89. The minimum Gasteiger partial charge on any atom is -0.295 e. The molecule has 1 heteroatoms. The standard InChI is InChI=1S/C22H32O/c1-4-15-12-16-13-17(23)7-8-18(16)19-10-11-22(5-2)14(3)6-9-20(22)21(15)19/h4,13-15,18-21H,1,5-12H2,2-3H3/t14-,15?,18?,19?,20?,21?,22?/m1/s1. The van der Waals surface area contributed by atoms with Gasteiger partial charge in [0, 0.05) is 6.42 Å². The highest BCUT2D eigenvalue weighted by Crippen LogP contribution is 2.66. The van der Waals surface area contributed by atoms with Crippen LogP contribution in [0.15, 0.2) is 24.3 Å². The average Bonchev–Trinajstić information content (AvgIpc) is 2.90. The van der Waals surface area contributed by atoms with Crippen molar-refractivity contribution in [3.8, 4) is 0 Å². The molecule has 23 heavy (non-hydrogen) atoms. The lowest BCUT2D eigenvalue weighted by molar-refractivity contribution is -0.116.